The summed E-state index contributed by atoms with van der Waals surface area (Å²) >= 11 is 0. The summed E-state index contributed by atoms with van der Waals surface area (Å²) in [6.45, 7) is 1.97. The molecule has 1 amide bonds. The molecular weight excluding hydrogens is 394 g/mol. The molecule has 9 heteroatoms. The summed E-state index contributed by atoms with van der Waals surface area (Å²) in [5.74, 6) is 0.0568. The van der Waals surface area contributed by atoms with Gasteiger partial charge in [0.2, 0.25) is 5.89 Å². The largest absolute Gasteiger partial charge is 0.399 e. The number of carbonyl (C=O) groups excluding carboxylic acids is 1. The van der Waals surface area contributed by atoms with Gasteiger partial charge in [-0.2, -0.15) is 4.98 Å². The Labute approximate surface area is 171 Å². The Morgan fingerprint density at radius 2 is 2.07 bits per heavy atom. The third kappa shape index (κ3) is 3.87. The number of halogens is 2. The van der Waals surface area contributed by atoms with Gasteiger partial charge in [-0.3, -0.25) is 4.79 Å². The highest BCUT2D eigenvalue weighted by Crippen LogP contribution is 2.33. The van der Waals surface area contributed by atoms with Gasteiger partial charge >= 0.3 is 0 Å². The molecule has 1 aromatic carbocycles. The Balaban J connectivity index is 1.59. The molecule has 2 aromatic rings. The van der Waals surface area contributed by atoms with Crippen molar-refractivity contribution in [3.63, 3.8) is 0 Å². The molecule has 2 heterocycles. The summed E-state index contributed by atoms with van der Waals surface area (Å²) in [5, 5.41) is 7.77. The molecule has 30 heavy (non-hydrogen) atoms. The van der Waals surface area contributed by atoms with Gasteiger partial charge in [0.1, 0.15) is 25.2 Å². The second-order valence-electron chi connectivity index (χ2n) is 7.15. The van der Waals surface area contributed by atoms with Gasteiger partial charge in [0.15, 0.2) is 5.82 Å². The average molecular weight is 414 g/mol. The number of benzene rings is 1. The van der Waals surface area contributed by atoms with Crippen molar-refractivity contribution in [2.24, 2.45) is 5.16 Å². The van der Waals surface area contributed by atoms with Crippen LogP contribution in [0.2, 0.25) is 0 Å². The molecule has 1 aromatic heterocycles. The first kappa shape index (κ1) is 19.9. The fourth-order valence-corrected chi connectivity index (χ4v) is 3.63. The third-order valence-electron chi connectivity index (χ3n) is 5.05. The lowest BCUT2D eigenvalue weighted by Gasteiger charge is -2.21. The highest BCUT2D eigenvalue weighted by Gasteiger charge is 2.38. The van der Waals surface area contributed by atoms with Gasteiger partial charge in [0, 0.05) is 24.0 Å². The molecule has 1 fully saturated rings. The Bertz CT molecular complexity index is 1040. The van der Waals surface area contributed by atoms with Crippen molar-refractivity contribution < 1.29 is 22.9 Å². The van der Waals surface area contributed by atoms with E-state index in [0.29, 0.717) is 40.5 Å². The fraction of sp³-hybridized carbons (Fsp3) is 0.333. The van der Waals surface area contributed by atoms with E-state index in [2.05, 4.69) is 15.3 Å². The number of hydrogen-bond donors (Lipinski definition) is 0. The monoisotopic (exact) mass is 414 g/mol. The van der Waals surface area contributed by atoms with Gasteiger partial charge in [0.25, 0.3) is 5.91 Å². The zero-order valence-electron chi connectivity index (χ0n) is 16.5. The number of carbonyl (C=O) groups is 1. The van der Waals surface area contributed by atoms with Crippen molar-refractivity contribution in [3.8, 4) is 0 Å². The SMILES string of the molecule is CO/N=C1/C[C@@H](c2nc(C)no2)N(C(=O)c2ccc(C3=C(F)CC(F)C=C3)cc2)C1. The number of oxime groups is 1. The number of aromatic nitrogens is 2. The Kier molecular flexibility index (Phi) is 5.43. The zero-order chi connectivity index (χ0) is 21.3. The maximum absolute atomic E-state index is 14.1. The average Bonchev–Trinajstić information content (AvgIpc) is 3.34. The molecule has 0 N–H and O–H groups in total. The second-order valence-corrected chi connectivity index (χ2v) is 7.15. The van der Waals surface area contributed by atoms with Crippen molar-refractivity contribution in [2.75, 3.05) is 13.7 Å². The van der Waals surface area contributed by atoms with Gasteiger partial charge in [-0.1, -0.05) is 28.5 Å². The van der Waals surface area contributed by atoms with Crippen LogP contribution in [0.3, 0.4) is 0 Å². The van der Waals surface area contributed by atoms with Crippen molar-refractivity contribution in [2.45, 2.75) is 32.0 Å². The van der Waals surface area contributed by atoms with Crippen molar-refractivity contribution >= 4 is 17.2 Å². The minimum absolute atomic E-state index is 0.249. The van der Waals surface area contributed by atoms with Crippen molar-refractivity contribution in [1.29, 1.82) is 0 Å². The lowest BCUT2D eigenvalue weighted by Crippen LogP contribution is -2.31. The first-order chi connectivity index (χ1) is 14.5. The molecule has 1 aliphatic carbocycles. The molecule has 1 unspecified atom stereocenters. The molecule has 2 atom stereocenters. The summed E-state index contributed by atoms with van der Waals surface area (Å²) in [6, 6.07) is 6.09. The molecule has 0 radical (unpaired) electrons. The van der Waals surface area contributed by atoms with Crippen LogP contribution < -0.4 is 0 Å². The Morgan fingerprint density at radius 1 is 1.30 bits per heavy atom. The highest BCUT2D eigenvalue weighted by molar-refractivity contribution is 6.00. The minimum atomic E-state index is -1.31. The summed E-state index contributed by atoms with van der Waals surface area (Å²) in [6.07, 6.45) is 1.61. The molecular formula is C21H20F2N4O3. The molecule has 1 saturated heterocycles. The van der Waals surface area contributed by atoms with Crippen molar-refractivity contribution in [3.05, 3.63) is 65.1 Å². The quantitative estimate of drug-likeness (QED) is 0.708. The van der Waals surface area contributed by atoms with Crippen LogP contribution in [0.25, 0.3) is 5.57 Å². The third-order valence-corrected chi connectivity index (χ3v) is 5.05. The van der Waals surface area contributed by atoms with Crippen LogP contribution in [0.5, 0.6) is 0 Å². The van der Waals surface area contributed by atoms with Crippen molar-refractivity contribution in [1.82, 2.24) is 15.0 Å². The van der Waals surface area contributed by atoms with Crippen LogP contribution in [0.4, 0.5) is 8.78 Å². The van der Waals surface area contributed by atoms with E-state index in [1.165, 1.54) is 19.3 Å². The van der Waals surface area contributed by atoms with E-state index in [-0.39, 0.29) is 18.9 Å². The van der Waals surface area contributed by atoms with E-state index >= 15 is 0 Å². The number of allylic oxidation sites excluding steroid dienone is 4. The van der Waals surface area contributed by atoms with Gasteiger partial charge in [-0.15, -0.1) is 0 Å². The number of rotatable bonds is 4. The summed E-state index contributed by atoms with van der Waals surface area (Å²) < 4.78 is 32.7. The maximum atomic E-state index is 14.1. The van der Waals surface area contributed by atoms with Crippen LogP contribution in [0, 0.1) is 6.92 Å². The van der Waals surface area contributed by atoms with Crippen LogP contribution in [0.15, 0.2) is 51.9 Å². The number of alkyl halides is 1. The molecule has 156 valence electrons. The molecule has 0 spiro atoms. The highest BCUT2D eigenvalue weighted by atomic mass is 19.1. The van der Waals surface area contributed by atoms with Crippen LogP contribution in [-0.4, -0.2) is 46.5 Å². The van der Waals surface area contributed by atoms with Crippen LogP contribution in [0.1, 0.15) is 46.5 Å². The summed E-state index contributed by atoms with van der Waals surface area (Å²) in [5.41, 5.74) is 2.02. The number of aryl methyl sites for hydroxylation is 1. The lowest BCUT2D eigenvalue weighted by atomic mass is 9.97. The van der Waals surface area contributed by atoms with E-state index in [0.717, 1.165) is 0 Å². The van der Waals surface area contributed by atoms with E-state index < -0.39 is 18.0 Å². The molecule has 0 saturated carbocycles. The predicted octanol–water partition coefficient (Wildman–Crippen LogP) is 3.95. The van der Waals surface area contributed by atoms with Gasteiger partial charge < -0.3 is 14.3 Å². The maximum Gasteiger partial charge on any atom is 0.254 e. The van der Waals surface area contributed by atoms with E-state index in [1.54, 1.807) is 36.1 Å². The normalized spacial score (nSPS) is 22.8. The smallest absolute Gasteiger partial charge is 0.254 e. The molecule has 4 rings (SSSR count). The molecule has 0 bridgehead atoms. The van der Waals surface area contributed by atoms with Gasteiger partial charge in [-0.05, 0) is 30.7 Å². The topological polar surface area (TPSA) is 80.8 Å². The van der Waals surface area contributed by atoms with E-state index in [1.807, 2.05) is 0 Å². The Morgan fingerprint density at radius 3 is 2.70 bits per heavy atom. The first-order valence-corrected chi connectivity index (χ1v) is 9.47. The Hall–Kier alpha value is -3.36. The van der Waals surface area contributed by atoms with Gasteiger partial charge in [0.05, 0.1) is 12.3 Å². The molecule has 2 aliphatic rings. The minimum Gasteiger partial charge on any atom is -0.399 e. The number of likely N-dealkylation sites (tertiary alicyclic amines) is 1. The number of amides is 1. The van der Waals surface area contributed by atoms with E-state index in [9.17, 15) is 13.6 Å². The number of hydrogen-bond acceptors (Lipinski definition) is 6. The van der Waals surface area contributed by atoms with Gasteiger partial charge in [-0.25, -0.2) is 8.78 Å². The predicted molar refractivity (Wildman–Crippen MR) is 105 cm³/mol. The van der Waals surface area contributed by atoms with E-state index in [4.69, 9.17) is 9.36 Å². The summed E-state index contributed by atoms with van der Waals surface area (Å²) in [7, 11) is 1.45. The molecule has 1 aliphatic heterocycles. The fourth-order valence-electron chi connectivity index (χ4n) is 3.63. The standard InChI is InChI=1S/C21H20F2N4O3/c1-12-24-20(30-25-12)19-10-16(26-29-2)11-27(19)21(28)14-5-3-13(4-6-14)17-8-7-15(22)9-18(17)23/h3-8,15,19H,9-11H2,1-2H3/b26-16-/t15?,19-/m0/s1. The second kappa shape index (κ2) is 8.17. The lowest BCUT2D eigenvalue weighted by molar-refractivity contribution is 0.0713. The molecule has 7 nitrogen and oxygen atoms in total. The summed E-state index contributed by atoms with van der Waals surface area (Å²) in [4.78, 5) is 23.9. The van der Waals surface area contributed by atoms with Crippen LogP contribution >= 0.6 is 0 Å². The zero-order valence-corrected chi connectivity index (χ0v) is 16.5. The number of nitrogens with zero attached hydrogens (tertiary/aromatic N) is 4. The first-order valence-electron chi connectivity index (χ1n) is 9.47. The van der Waals surface area contributed by atoms with Crippen LogP contribution in [-0.2, 0) is 4.84 Å².